The molecule has 1 aromatic heterocycles. The largest absolute Gasteiger partial charge is 0.423 e. The monoisotopic (exact) mass is 260 g/mol. The normalized spacial score (nSPS) is 10.8. The van der Waals surface area contributed by atoms with Crippen molar-refractivity contribution in [3.63, 3.8) is 0 Å². The molecule has 19 heavy (non-hydrogen) atoms. The summed E-state index contributed by atoms with van der Waals surface area (Å²) in [6.45, 7) is 3.57. The van der Waals surface area contributed by atoms with Gasteiger partial charge in [0.05, 0.1) is 0 Å². The highest BCUT2D eigenvalue weighted by molar-refractivity contribution is 5.83. The van der Waals surface area contributed by atoms with E-state index in [4.69, 9.17) is 10.2 Å². The lowest BCUT2D eigenvalue weighted by Gasteiger charge is -2.07. The van der Waals surface area contributed by atoms with Gasteiger partial charge in [-0.15, -0.1) is 0 Å². The minimum absolute atomic E-state index is 0.301. The van der Waals surface area contributed by atoms with Crippen LogP contribution in [0.3, 0.4) is 0 Å². The first-order valence-corrected chi connectivity index (χ1v) is 6.69. The van der Waals surface area contributed by atoms with Gasteiger partial charge < -0.3 is 15.5 Å². The van der Waals surface area contributed by atoms with Crippen LogP contribution in [0.5, 0.6) is 0 Å². The average molecular weight is 260 g/mol. The predicted octanol–water partition coefficient (Wildman–Crippen LogP) is 2.64. The van der Waals surface area contributed by atoms with Gasteiger partial charge in [0.25, 0.3) is 0 Å². The van der Waals surface area contributed by atoms with Crippen molar-refractivity contribution in [3.8, 4) is 0 Å². The minimum atomic E-state index is -0.301. The molecule has 1 heterocycles. The van der Waals surface area contributed by atoms with Crippen LogP contribution >= 0.6 is 0 Å². The Morgan fingerprint density at radius 1 is 1.21 bits per heavy atom. The van der Waals surface area contributed by atoms with Gasteiger partial charge in [0, 0.05) is 29.8 Å². The van der Waals surface area contributed by atoms with E-state index in [1.165, 1.54) is 6.07 Å². The summed E-state index contributed by atoms with van der Waals surface area (Å²) in [7, 11) is 0. The summed E-state index contributed by atoms with van der Waals surface area (Å²) in [6.07, 6.45) is 3.28. The van der Waals surface area contributed by atoms with Gasteiger partial charge in [-0.1, -0.05) is 6.42 Å². The van der Waals surface area contributed by atoms with Crippen LogP contribution in [0.15, 0.2) is 33.5 Å². The Labute approximate surface area is 112 Å². The first-order valence-electron chi connectivity index (χ1n) is 6.69. The number of unbranched alkanes of at least 4 members (excludes halogenated alkanes) is 2. The fourth-order valence-corrected chi connectivity index (χ4v) is 2.11. The second-order valence-corrected chi connectivity index (χ2v) is 4.74. The third kappa shape index (κ3) is 3.58. The molecule has 4 heteroatoms. The lowest BCUT2D eigenvalue weighted by atomic mass is 10.1. The van der Waals surface area contributed by atoms with Gasteiger partial charge in [0.1, 0.15) is 5.58 Å². The van der Waals surface area contributed by atoms with Gasteiger partial charge in [-0.25, -0.2) is 4.79 Å². The first kappa shape index (κ1) is 13.6. The van der Waals surface area contributed by atoms with Crippen LogP contribution in [-0.4, -0.2) is 13.1 Å². The van der Waals surface area contributed by atoms with Gasteiger partial charge in [-0.05, 0) is 44.0 Å². The molecule has 2 rings (SSSR count). The lowest BCUT2D eigenvalue weighted by Crippen LogP contribution is -2.04. The molecule has 3 N–H and O–H groups in total. The van der Waals surface area contributed by atoms with Crippen molar-refractivity contribution in [1.29, 1.82) is 0 Å². The number of benzene rings is 1. The van der Waals surface area contributed by atoms with Crippen molar-refractivity contribution >= 4 is 16.7 Å². The molecule has 0 fully saturated rings. The maximum absolute atomic E-state index is 11.3. The van der Waals surface area contributed by atoms with Crippen LogP contribution in [0, 0.1) is 6.92 Å². The molecule has 0 bridgehead atoms. The van der Waals surface area contributed by atoms with E-state index >= 15 is 0 Å². The molecule has 0 spiro atoms. The zero-order valence-electron chi connectivity index (χ0n) is 11.2. The summed E-state index contributed by atoms with van der Waals surface area (Å²) in [4.78, 5) is 11.3. The zero-order chi connectivity index (χ0) is 13.7. The molecular formula is C15H20N2O2. The van der Waals surface area contributed by atoms with Crippen LogP contribution in [0.2, 0.25) is 0 Å². The number of rotatable bonds is 6. The van der Waals surface area contributed by atoms with E-state index < -0.39 is 0 Å². The molecule has 0 unspecified atom stereocenters. The maximum Gasteiger partial charge on any atom is 0.336 e. The van der Waals surface area contributed by atoms with Crippen LogP contribution in [-0.2, 0) is 0 Å². The smallest absolute Gasteiger partial charge is 0.336 e. The van der Waals surface area contributed by atoms with Gasteiger partial charge >= 0.3 is 5.63 Å². The summed E-state index contributed by atoms with van der Waals surface area (Å²) in [5.74, 6) is 0. The second kappa shape index (κ2) is 6.38. The Balaban J connectivity index is 2.07. The second-order valence-electron chi connectivity index (χ2n) is 4.74. The molecule has 0 radical (unpaired) electrons. The number of hydrogen-bond donors (Lipinski definition) is 2. The van der Waals surface area contributed by atoms with E-state index in [2.05, 4.69) is 5.32 Å². The SMILES string of the molecule is Cc1cc(=O)oc2cc(NCCCCCN)ccc12. The Morgan fingerprint density at radius 2 is 2.05 bits per heavy atom. The minimum Gasteiger partial charge on any atom is -0.423 e. The fraction of sp³-hybridized carbons (Fsp3) is 0.400. The maximum atomic E-state index is 11.3. The van der Waals surface area contributed by atoms with Gasteiger partial charge in [-0.2, -0.15) is 0 Å². The number of anilines is 1. The van der Waals surface area contributed by atoms with Crippen molar-refractivity contribution in [1.82, 2.24) is 0 Å². The Morgan fingerprint density at radius 3 is 2.84 bits per heavy atom. The molecule has 0 atom stereocenters. The molecule has 1 aromatic carbocycles. The average Bonchev–Trinajstić information content (AvgIpc) is 2.38. The summed E-state index contributed by atoms with van der Waals surface area (Å²) < 4.78 is 5.22. The van der Waals surface area contributed by atoms with Crippen LogP contribution in [0.4, 0.5) is 5.69 Å². The molecule has 0 aliphatic rings. The third-order valence-corrected chi connectivity index (χ3v) is 3.16. The lowest BCUT2D eigenvalue weighted by molar-refractivity contribution is 0.560. The number of fused-ring (bicyclic) bond motifs is 1. The van der Waals surface area contributed by atoms with Crippen LogP contribution < -0.4 is 16.7 Å². The number of nitrogens with one attached hydrogen (secondary N) is 1. The van der Waals surface area contributed by atoms with E-state index in [1.54, 1.807) is 0 Å². The Kier molecular flexibility index (Phi) is 4.58. The Hall–Kier alpha value is -1.81. The van der Waals surface area contributed by atoms with Crippen LogP contribution in [0.1, 0.15) is 24.8 Å². The Bertz CT molecular complexity index is 605. The molecular weight excluding hydrogens is 240 g/mol. The molecule has 0 aliphatic carbocycles. The molecule has 4 nitrogen and oxygen atoms in total. The van der Waals surface area contributed by atoms with Gasteiger partial charge in [0.2, 0.25) is 0 Å². The molecule has 102 valence electrons. The quantitative estimate of drug-likeness (QED) is 0.619. The van der Waals surface area contributed by atoms with Gasteiger partial charge in [0.15, 0.2) is 0 Å². The predicted molar refractivity (Wildman–Crippen MR) is 78.6 cm³/mol. The van der Waals surface area contributed by atoms with Crippen molar-refractivity contribution in [2.75, 3.05) is 18.4 Å². The molecule has 0 amide bonds. The topological polar surface area (TPSA) is 68.3 Å². The highest BCUT2D eigenvalue weighted by Gasteiger charge is 2.03. The van der Waals surface area contributed by atoms with E-state index in [0.29, 0.717) is 5.58 Å². The highest BCUT2D eigenvalue weighted by atomic mass is 16.4. The summed E-state index contributed by atoms with van der Waals surface area (Å²) in [5, 5.41) is 4.31. The third-order valence-electron chi connectivity index (χ3n) is 3.16. The number of hydrogen-bond acceptors (Lipinski definition) is 4. The van der Waals surface area contributed by atoms with Crippen molar-refractivity contribution in [2.45, 2.75) is 26.2 Å². The molecule has 2 aromatic rings. The molecule has 0 aliphatic heterocycles. The first-order chi connectivity index (χ1) is 9.20. The summed E-state index contributed by atoms with van der Waals surface area (Å²) in [5.41, 5.74) is 7.71. The molecule has 0 saturated carbocycles. The van der Waals surface area contributed by atoms with E-state index in [-0.39, 0.29) is 5.63 Å². The van der Waals surface area contributed by atoms with Gasteiger partial charge in [-0.3, -0.25) is 0 Å². The summed E-state index contributed by atoms with van der Waals surface area (Å²) in [6, 6.07) is 7.39. The van der Waals surface area contributed by atoms with E-state index in [0.717, 1.165) is 49.0 Å². The molecule has 0 saturated heterocycles. The summed E-state index contributed by atoms with van der Waals surface area (Å²) >= 11 is 0. The van der Waals surface area contributed by atoms with E-state index in [9.17, 15) is 4.79 Å². The fourth-order valence-electron chi connectivity index (χ4n) is 2.11. The van der Waals surface area contributed by atoms with Crippen molar-refractivity contribution < 1.29 is 4.42 Å². The number of aryl methyl sites for hydroxylation is 1. The highest BCUT2D eigenvalue weighted by Crippen LogP contribution is 2.20. The van der Waals surface area contributed by atoms with E-state index in [1.807, 2.05) is 25.1 Å². The number of nitrogens with two attached hydrogens (primary N) is 1. The van der Waals surface area contributed by atoms with Crippen molar-refractivity contribution in [2.24, 2.45) is 5.73 Å². The van der Waals surface area contributed by atoms with Crippen molar-refractivity contribution in [3.05, 3.63) is 40.2 Å². The standard InChI is InChI=1S/C15H20N2O2/c1-11-9-15(18)19-14-10-12(5-6-13(11)14)17-8-4-2-3-7-16/h5-6,9-10,17H,2-4,7-8,16H2,1H3. The van der Waals surface area contributed by atoms with Crippen LogP contribution in [0.25, 0.3) is 11.0 Å². The zero-order valence-corrected chi connectivity index (χ0v) is 11.2.